The number of hydrogen-bond acceptors (Lipinski definition) is 3. The Morgan fingerprint density at radius 2 is 1.36 bits per heavy atom. The summed E-state index contributed by atoms with van der Waals surface area (Å²) in [6, 6.07) is 15.1. The third-order valence-corrected chi connectivity index (χ3v) is 6.37. The van der Waals surface area contributed by atoms with Crippen molar-refractivity contribution in [3.8, 4) is 11.5 Å². The summed E-state index contributed by atoms with van der Waals surface area (Å²) in [7, 11) is 0. The van der Waals surface area contributed by atoms with Crippen LogP contribution in [0.5, 0.6) is 11.5 Å². The molecule has 0 N–H and O–H groups in total. The molecule has 0 aliphatic heterocycles. The fourth-order valence-corrected chi connectivity index (χ4v) is 3.99. The second-order valence-electron chi connectivity index (χ2n) is 9.45. The van der Waals surface area contributed by atoms with Gasteiger partial charge in [0, 0.05) is 0 Å². The molecular formula is C30H44O3. The lowest BCUT2D eigenvalue weighted by Gasteiger charge is -2.13. The number of unbranched alkanes of at least 4 members (excludes halogenated alkanes) is 5. The normalized spacial score (nSPS) is 12.8. The fourth-order valence-electron chi connectivity index (χ4n) is 3.99. The van der Waals surface area contributed by atoms with Crippen LogP contribution >= 0.6 is 0 Å². The minimum Gasteiger partial charge on any atom is -0.491 e. The van der Waals surface area contributed by atoms with E-state index in [1.54, 1.807) is 12.1 Å². The van der Waals surface area contributed by atoms with E-state index in [2.05, 4.69) is 39.8 Å². The molecule has 3 heteroatoms. The van der Waals surface area contributed by atoms with Gasteiger partial charge in [0.15, 0.2) is 0 Å². The molecule has 33 heavy (non-hydrogen) atoms. The molecule has 2 atom stereocenters. The fraction of sp³-hybridized carbons (Fsp3) is 0.567. The van der Waals surface area contributed by atoms with Gasteiger partial charge in [-0.25, -0.2) is 4.79 Å². The minimum atomic E-state index is -0.343. The standard InChI is InChI=1S/C30H44O3/c1-5-13-25(4)32-28-22-18-27(19-23-28)30(31)33-29-20-16-26(17-21-29)15-12-10-8-7-9-11-14-24(3)6-2/h16-25H,5-15H2,1-4H3/t24?,25-/m1/s1. The number of rotatable bonds is 16. The van der Waals surface area contributed by atoms with Crippen LogP contribution in [-0.2, 0) is 6.42 Å². The third-order valence-electron chi connectivity index (χ3n) is 6.37. The average Bonchev–Trinajstić information content (AvgIpc) is 2.82. The van der Waals surface area contributed by atoms with Gasteiger partial charge in [-0.05, 0) is 74.1 Å². The van der Waals surface area contributed by atoms with Crippen molar-refractivity contribution < 1.29 is 14.3 Å². The summed E-state index contributed by atoms with van der Waals surface area (Å²) in [4.78, 5) is 12.4. The van der Waals surface area contributed by atoms with Crippen LogP contribution in [0.25, 0.3) is 0 Å². The maximum absolute atomic E-state index is 12.4. The summed E-state index contributed by atoms with van der Waals surface area (Å²) in [5.41, 5.74) is 1.83. The molecule has 0 aliphatic rings. The molecule has 0 saturated carbocycles. The van der Waals surface area contributed by atoms with Crippen molar-refractivity contribution >= 4 is 5.97 Å². The molecule has 0 aliphatic carbocycles. The number of carbonyl (C=O) groups excluding carboxylic acids is 1. The predicted molar refractivity (Wildman–Crippen MR) is 138 cm³/mol. The summed E-state index contributed by atoms with van der Waals surface area (Å²) in [6.45, 7) is 8.84. The van der Waals surface area contributed by atoms with E-state index >= 15 is 0 Å². The summed E-state index contributed by atoms with van der Waals surface area (Å²) in [6.07, 6.45) is 14.0. The predicted octanol–water partition coefficient (Wildman–Crippen LogP) is 8.79. The first-order valence-corrected chi connectivity index (χ1v) is 13.1. The van der Waals surface area contributed by atoms with E-state index in [0.29, 0.717) is 11.3 Å². The monoisotopic (exact) mass is 452 g/mol. The SMILES string of the molecule is CCC[C@@H](C)Oc1ccc(C(=O)Oc2ccc(CCCCCCCCC(C)CC)cc2)cc1. The highest BCUT2D eigenvalue weighted by Gasteiger charge is 2.10. The Hall–Kier alpha value is -2.29. The Morgan fingerprint density at radius 3 is 2.00 bits per heavy atom. The first-order valence-electron chi connectivity index (χ1n) is 13.1. The van der Waals surface area contributed by atoms with Crippen molar-refractivity contribution in [3.05, 3.63) is 59.7 Å². The van der Waals surface area contributed by atoms with E-state index in [1.165, 1.54) is 56.9 Å². The number of ether oxygens (including phenoxy) is 2. The van der Waals surface area contributed by atoms with Crippen LogP contribution in [0.2, 0.25) is 0 Å². The molecule has 0 spiro atoms. The Labute approximate surface area is 201 Å². The lowest BCUT2D eigenvalue weighted by molar-refractivity contribution is 0.0734. The minimum absolute atomic E-state index is 0.172. The molecule has 0 bridgehead atoms. The Kier molecular flexibility index (Phi) is 12.7. The first kappa shape index (κ1) is 27.0. The van der Waals surface area contributed by atoms with Gasteiger partial charge in [-0.3, -0.25) is 0 Å². The van der Waals surface area contributed by atoms with Gasteiger partial charge < -0.3 is 9.47 Å². The highest BCUT2D eigenvalue weighted by molar-refractivity contribution is 5.91. The van der Waals surface area contributed by atoms with Crippen LogP contribution in [0.1, 0.15) is 108 Å². The maximum Gasteiger partial charge on any atom is 0.343 e. The van der Waals surface area contributed by atoms with Crippen molar-refractivity contribution in [2.75, 3.05) is 0 Å². The number of aryl methyl sites for hydroxylation is 1. The molecule has 0 saturated heterocycles. The smallest absolute Gasteiger partial charge is 0.343 e. The Bertz CT molecular complexity index is 779. The molecule has 2 aromatic rings. The molecule has 0 radical (unpaired) electrons. The van der Waals surface area contributed by atoms with Crippen LogP contribution < -0.4 is 9.47 Å². The number of carbonyl (C=O) groups is 1. The van der Waals surface area contributed by atoms with Crippen molar-refractivity contribution in [2.24, 2.45) is 5.92 Å². The van der Waals surface area contributed by atoms with Gasteiger partial charge in [-0.15, -0.1) is 0 Å². The molecule has 1 unspecified atom stereocenters. The van der Waals surface area contributed by atoms with Crippen LogP contribution in [-0.4, -0.2) is 12.1 Å². The van der Waals surface area contributed by atoms with Crippen molar-refractivity contribution in [1.29, 1.82) is 0 Å². The van der Waals surface area contributed by atoms with Gasteiger partial charge in [0.05, 0.1) is 11.7 Å². The zero-order valence-electron chi connectivity index (χ0n) is 21.3. The van der Waals surface area contributed by atoms with Gasteiger partial charge in [0.25, 0.3) is 0 Å². The van der Waals surface area contributed by atoms with E-state index in [4.69, 9.17) is 9.47 Å². The molecule has 0 aromatic heterocycles. The highest BCUT2D eigenvalue weighted by Crippen LogP contribution is 2.19. The third kappa shape index (κ3) is 10.9. The van der Waals surface area contributed by atoms with E-state index in [1.807, 2.05) is 24.3 Å². The molecule has 0 heterocycles. The van der Waals surface area contributed by atoms with Crippen molar-refractivity contribution in [1.82, 2.24) is 0 Å². The molecule has 182 valence electrons. The number of hydrogen-bond donors (Lipinski definition) is 0. The molecule has 2 rings (SSSR count). The molecule has 0 fully saturated rings. The van der Waals surface area contributed by atoms with Gasteiger partial charge in [0.1, 0.15) is 11.5 Å². The molecule has 0 amide bonds. The average molecular weight is 453 g/mol. The lowest BCUT2D eigenvalue weighted by Crippen LogP contribution is -2.11. The van der Waals surface area contributed by atoms with Gasteiger partial charge in [0.2, 0.25) is 0 Å². The van der Waals surface area contributed by atoms with Crippen LogP contribution in [0.3, 0.4) is 0 Å². The van der Waals surface area contributed by atoms with E-state index in [0.717, 1.165) is 30.9 Å². The number of benzene rings is 2. The topological polar surface area (TPSA) is 35.5 Å². The highest BCUT2D eigenvalue weighted by atomic mass is 16.5. The largest absolute Gasteiger partial charge is 0.491 e. The molecule has 2 aromatic carbocycles. The van der Waals surface area contributed by atoms with Gasteiger partial charge in [-0.2, -0.15) is 0 Å². The zero-order valence-corrected chi connectivity index (χ0v) is 21.3. The first-order chi connectivity index (χ1) is 16.0. The molecular weight excluding hydrogens is 408 g/mol. The lowest BCUT2D eigenvalue weighted by atomic mass is 9.99. The van der Waals surface area contributed by atoms with E-state index in [-0.39, 0.29) is 12.1 Å². The quantitative estimate of drug-likeness (QED) is 0.145. The second-order valence-corrected chi connectivity index (χ2v) is 9.45. The maximum atomic E-state index is 12.4. The Morgan fingerprint density at radius 1 is 0.758 bits per heavy atom. The van der Waals surface area contributed by atoms with E-state index < -0.39 is 0 Å². The summed E-state index contributed by atoms with van der Waals surface area (Å²) in [5.74, 6) is 1.90. The zero-order chi connectivity index (χ0) is 23.9. The van der Waals surface area contributed by atoms with Crippen LogP contribution in [0.4, 0.5) is 0 Å². The van der Waals surface area contributed by atoms with Gasteiger partial charge >= 0.3 is 5.97 Å². The van der Waals surface area contributed by atoms with Gasteiger partial charge in [-0.1, -0.05) is 84.3 Å². The number of esters is 1. The molecule has 3 nitrogen and oxygen atoms in total. The summed E-state index contributed by atoms with van der Waals surface area (Å²) < 4.78 is 11.4. The van der Waals surface area contributed by atoms with Crippen LogP contribution in [0.15, 0.2) is 48.5 Å². The van der Waals surface area contributed by atoms with Crippen LogP contribution in [0, 0.1) is 5.92 Å². The Balaban J connectivity index is 1.66. The van der Waals surface area contributed by atoms with E-state index in [9.17, 15) is 4.79 Å². The van der Waals surface area contributed by atoms with Crippen molar-refractivity contribution in [3.63, 3.8) is 0 Å². The summed E-state index contributed by atoms with van der Waals surface area (Å²) in [5, 5.41) is 0. The summed E-state index contributed by atoms with van der Waals surface area (Å²) >= 11 is 0. The van der Waals surface area contributed by atoms with Crippen molar-refractivity contribution in [2.45, 2.75) is 104 Å². The second kappa shape index (κ2) is 15.5.